The van der Waals surface area contributed by atoms with Crippen molar-refractivity contribution < 1.29 is 4.79 Å². The highest BCUT2D eigenvalue weighted by Crippen LogP contribution is 2.21. The molecule has 0 saturated carbocycles. The molecule has 5 heteroatoms. The SMILES string of the molecule is CC1CCN(C(CNC(=O)c2cscn2)C(C)C)CC1. The summed E-state index contributed by atoms with van der Waals surface area (Å²) in [5.41, 5.74) is 2.23. The van der Waals surface area contributed by atoms with Gasteiger partial charge in [-0.05, 0) is 37.8 Å². The highest BCUT2D eigenvalue weighted by Gasteiger charge is 2.26. The summed E-state index contributed by atoms with van der Waals surface area (Å²) in [5, 5.41) is 4.83. The fraction of sp³-hybridized carbons (Fsp3) is 0.733. The van der Waals surface area contributed by atoms with E-state index in [0.717, 1.165) is 19.0 Å². The van der Waals surface area contributed by atoms with Crippen molar-refractivity contribution in [3.05, 3.63) is 16.6 Å². The molecule has 0 spiro atoms. The predicted molar refractivity (Wildman–Crippen MR) is 83.0 cm³/mol. The van der Waals surface area contributed by atoms with Crippen molar-refractivity contribution in [2.45, 2.75) is 39.7 Å². The minimum absolute atomic E-state index is 0.0534. The van der Waals surface area contributed by atoms with Gasteiger partial charge in [-0.1, -0.05) is 20.8 Å². The summed E-state index contributed by atoms with van der Waals surface area (Å²) < 4.78 is 0. The maximum atomic E-state index is 12.0. The van der Waals surface area contributed by atoms with Crippen LogP contribution in [0.2, 0.25) is 0 Å². The monoisotopic (exact) mass is 295 g/mol. The van der Waals surface area contributed by atoms with Gasteiger partial charge in [-0.15, -0.1) is 11.3 Å². The lowest BCUT2D eigenvalue weighted by Crippen LogP contribution is -2.49. The quantitative estimate of drug-likeness (QED) is 0.908. The summed E-state index contributed by atoms with van der Waals surface area (Å²) in [5.74, 6) is 1.32. The van der Waals surface area contributed by atoms with E-state index in [1.165, 1.54) is 24.2 Å². The molecule has 0 bridgehead atoms. The normalized spacial score (nSPS) is 19.2. The van der Waals surface area contributed by atoms with E-state index in [-0.39, 0.29) is 5.91 Å². The van der Waals surface area contributed by atoms with E-state index in [9.17, 15) is 4.79 Å². The molecule has 1 unspecified atom stereocenters. The number of piperidine rings is 1. The van der Waals surface area contributed by atoms with Gasteiger partial charge < -0.3 is 5.32 Å². The Morgan fingerprint density at radius 2 is 2.20 bits per heavy atom. The molecular formula is C15H25N3OS. The molecule has 1 amide bonds. The first-order chi connectivity index (χ1) is 9.58. The zero-order valence-electron chi connectivity index (χ0n) is 12.6. The van der Waals surface area contributed by atoms with E-state index in [2.05, 4.69) is 36.0 Å². The second-order valence-electron chi connectivity index (χ2n) is 6.11. The zero-order valence-corrected chi connectivity index (χ0v) is 13.4. The molecule has 2 rings (SSSR count). The first-order valence-corrected chi connectivity index (χ1v) is 8.42. The Labute approximate surface area is 125 Å². The van der Waals surface area contributed by atoms with Crippen molar-refractivity contribution >= 4 is 17.2 Å². The third-order valence-electron chi connectivity index (χ3n) is 4.19. The second kappa shape index (κ2) is 7.18. The molecule has 0 aromatic carbocycles. The zero-order chi connectivity index (χ0) is 14.5. The van der Waals surface area contributed by atoms with Gasteiger partial charge in [0.2, 0.25) is 0 Å². The Morgan fingerprint density at radius 3 is 2.75 bits per heavy atom. The molecule has 20 heavy (non-hydrogen) atoms. The van der Waals surface area contributed by atoms with Crippen LogP contribution in [-0.2, 0) is 0 Å². The number of thiazole rings is 1. The molecule has 0 radical (unpaired) electrons. The van der Waals surface area contributed by atoms with Gasteiger partial charge in [0.15, 0.2) is 0 Å². The minimum atomic E-state index is -0.0534. The molecule has 4 nitrogen and oxygen atoms in total. The Morgan fingerprint density at radius 1 is 1.50 bits per heavy atom. The number of amides is 1. The van der Waals surface area contributed by atoms with Gasteiger partial charge in [0, 0.05) is 18.0 Å². The van der Waals surface area contributed by atoms with Gasteiger partial charge in [0.1, 0.15) is 5.69 Å². The Kier molecular flexibility index (Phi) is 5.54. The van der Waals surface area contributed by atoms with Crippen LogP contribution in [0.3, 0.4) is 0 Å². The van der Waals surface area contributed by atoms with Crippen LogP contribution in [0.15, 0.2) is 10.9 Å². The number of carbonyl (C=O) groups is 1. The maximum absolute atomic E-state index is 12.0. The summed E-state index contributed by atoms with van der Waals surface area (Å²) in [6, 6.07) is 0.421. The molecule has 1 N–H and O–H groups in total. The lowest BCUT2D eigenvalue weighted by Gasteiger charge is -2.38. The van der Waals surface area contributed by atoms with E-state index in [1.54, 1.807) is 10.9 Å². The van der Waals surface area contributed by atoms with Gasteiger partial charge in [-0.2, -0.15) is 0 Å². The van der Waals surface area contributed by atoms with Crippen LogP contribution in [-0.4, -0.2) is 41.5 Å². The van der Waals surface area contributed by atoms with Crippen molar-refractivity contribution in [2.24, 2.45) is 11.8 Å². The van der Waals surface area contributed by atoms with Gasteiger partial charge >= 0.3 is 0 Å². The van der Waals surface area contributed by atoms with Crippen LogP contribution in [0.4, 0.5) is 0 Å². The van der Waals surface area contributed by atoms with Crippen molar-refractivity contribution in [1.82, 2.24) is 15.2 Å². The van der Waals surface area contributed by atoms with Crippen molar-refractivity contribution in [3.8, 4) is 0 Å². The smallest absolute Gasteiger partial charge is 0.270 e. The molecule has 1 aromatic rings. The van der Waals surface area contributed by atoms with E-state index in [1.807, 2.05) is 0 Å². The molecule has 2 heterocycles. The third-order valence-corrected chi connectivity index (χ3v) is 4.78. The standard InChI is InChI=1S/C15H25N3OS/c1-11(2)14(18-6-4-12(3)5-7-18)8-16-15(19)13-9-20-10-17-13/h9-12,14H,4-8H2,1-3H3,(H,16,19). The lowest BCUT2D eigenvalue weighted by molar-refractivity contribution is 0.0859. The van der Waals surface area contributed by atoms with E-state index < -0.39 is 0 Å². The third kappa shape index (κ3) is 4.03. The Balaban J connectivity index is 1.88. The molecule has 1 aliphatic heterocycles. The summed E-state index contributed by atoms with van der Waals surface area (Å²) in [6.07, 6.45) is 2.53. The van der Waals surface area contributed by atoms with Gasteiger partial charge in [0.25, 0.3) is 5.91 Å². The molecule has 0 aliphatic carbocycles. The molecule has 1 saturated heterocycles. The summed E-state index contributed by atoms with van der Waals surface area (Å²) >= 11 is 1.45. The van der Waals surface area contributed by atoms with Gasteiger partial charge in [-0.25, -0.2) is 4.98 Å². The summed E-state index contributed by atoms with van der Waals surface area (Å²) in [6.45, 7) is 9.80. The van der Waals surface area contributed by atoms with Crippen molar-refractivity contribution in [1.29, 1.82) is 0 Å². The topological polar surface area (TPSA) is 45.2 Å². The Hall–Kier alpha value is -0.940. The van der Waals surface area contributed by atoms with Gasteiger partial charge in [0.05, 0.1) is 5.51 Å². The van der Waals surface area contributed by atoms with Crippen LogP contribution in [0, 0.1) is 11.8 Å². The molecule has 1 aromatic heterocycles. The second-order valence-corrected chi connectivity index (χ2v) is 6.83. The van der Waals surface area contributed by atoms with Crippen LogP contribution in [0.1, 0.15) is 44.1 Å². The van der Waals surface area contributed by atoms with E-state index in [0.29, 0.717) is 24.2 Å². The number of hydrogen-bond donors (Lipinski definition) is 1. The van der Waals surface area contributed by atoms with E-state index >= 15 is 0 Å². The minimum Gasteiger partial charge on any atom is -0.349 e. The fourth-order valence-corrected chi connectivity index (χ4v) is 3.29. The largest absolute Gasteiger partial charge is 0.349 e. The molecule has 1 atom stereocenters. The van der Waals surface area contributed by atoms with Crippen LogP contribution in [0.25, 0.3) is 0 Å². The Bertz CT molecular complexity index is 411. The number of aromatic nitrogens is 1. The number of nitrogens with zero attached hydrogens (tertiary/aromatic N) is 2. The van der Waals surface area contributed by atoms with Crippen LogP contribution in [0.5, 0.6) is 0 Å². The van der Waals surface area contributed by atoms with Crippen LogP contribution < -0.4 is 5.32 Å². The highest BCUT2D eigenvalue weighted by molar-refractivity contribution is 7.07. The highest BCUT2D eigenvalue weighted by atomic mass is 32.1. The predicted octanol–water partition coefficient (Wildman–Crippen LogP) is 2.63. The lowest BCUT2D eigenvalue weighted by atomic mass is 9.94. The first-order valence-electron chi connectivity index (χ1n) is 7.48. The summed E-state index contributed by atoms with van der Waals surface area (Å²) in [7, 11) is 0. The van der Waals surface area contributed by atoms with Gasteiger partial charge in [-0.3, -0.25) is 9.69 Å². The molecular weight excluding hydrogens is 270 g/mol. The van der Waals surface area contributed by atoms with Crippen molar-refractivity contribution in [2.75, 3.05) is 19.6 Å². The average molecular weight is 295 g/mol. The fourth-order valence-electron chi connectivity index (χ4n) is 2.76. The average Bonchev–Trinajstić information content (AvgIpc) is 2.94. The van der Waals surface area contributed by atoms with Crippen LogP contribution >= 0.6 is 11.3 Å². The number of rotatable bonds is 5. The molecule has 1 fully saturated rings. The number of likely N-dealkylation sites (tertiary alicyclic amines) is 1. The number of nitrogens with one attached hydrogen (secondary N) is 1. The number of carbonyl (C=O) groups excluding carboxylic acids is 1. The van der Waals surface area contributed by atoms with Crippen molar-refractivity contribution in [3.63, 3.8) is 0 Å². The van der Waals surface area contributed by atoms with E-state index in [4.69, 9.17) is 0 Å². The number of hydrogen-bond acceptors (Lipinski definition) is 4. The summed E-state index contributed by atoms with van der Waals surface area (Å²) in [4.78, 5) is 18.6. The molecule has 112 valence electrons. The maximum Gasteiger partial charge on any atom is 0.270 e. The molecule has 1 aliphatic rings. The first kappa shape index (κ1) is 15.4.